The third kappa shape index (κ3) is 2.76. The summed E-state index contributed by atoms with van der Waals surface area (Å²) in [6.45, 7) is 7.59. The smallest absolute Gasteiger partial charge is 0.120 e. The minimum absolute atomic E-state index is 0.0304. The molecule has 1 rings (SSSR count). The van der Waals surface area contributed by atoms with Gasteiger partial charge in [-0.2, -0.15) is 0 Å². The average molecular weight is 289 g/mol. The standard InChI is InChI=1S/C13H18BrFO/c1-8(7-15)9-5-10(13(2,3)4)11(14)6-12(9)16/h5-6,8,16H,7H2,1-4H3. The average Bonchev–Trinajstić information content (AvgIpc) is 2.14. The molecule has 16 heavy (non-hydrogen) atoms. The SMILES string of the molecule is CC(CF)c1cc(C(C)(C)C)c(Br)cc1O. The van der Waals surface area contributed by atoms with Crippen LogP contribution >= 0.6 is 15.9 Å². The number of rotatable bonds is 2. The number of phenolic OH excluding ortho intramolecular Hbond substituents is 1. The number of halogens is 2. The van der Waals surface area contributed by atoms with Crippen molar-refractivity contribution in [2.24, 2.45) is 0 Å². The summed E-state index contributed by atoms with van der Waals surface area (Å²) in [6.07, 6.45) is 0. The second-order valence-electron chi connectivity index (χ2n) is 5.20. The fourth-order valence-corrected chi connectivity index (χ4v) is 2.56. The van der Waals surface area contributed by atoms with E-state index in [1.807, 2.05) is 6.07 Å². The summed E-state index contributed by atoms with van der Waals surface area (Å²) in [7, 11) is 0. The van der Waals surface area contributed by atoms with Crippen molar-refractivity contribution in [3.63, 3.8) is 0 Å². The molecule has 0 radical (unpaired) electrons. The van der Waals surface area contributed by atoms with Crippen LogP contribution in [0.3, 0.4) is 0 Å². The highest BCUT2D eigenvalue weighted by Crippen LogP contribution is 2.37. The van der Waals surface area contributed by atoms with Crippen molar-refractivity contribution in [2.75, 3.05) is 6.67 Å². The number of hydrogen-bond acceptors (Lipinski definition) is 1. The molecule has 1 N–H and O–H groups in total. The lowest BCUT2D eigenvalue weighted by Crippen LogP contribution is -2.13. The van der Waals surface area contributed by atoms with Gasteiger partial charge in [-0.3, -0.25) is 4.39 Å². The Morgan fingerprint density at radius 3 is 2.38 bits per heavy atom. The summed E-state index contributed by atoms with van der Waals surface area (Å²) < 4.78 is 13.5. The Morgan fingerprint density at radius 2 is 1.94 bits per heavy atom. The van der Waals surface area contributed by atoms with Gasteiger partial charge in [0, 0.05) is 10.4 Å². The number of phenols is 1. The highest BCUT2D eigenvalue weighted by atomic mass is 79.9. The second kappa shape index (κ2) is 4.74. The zero-order chi connectivity index (χ0) is 12.5. The van der Waals surface area contributed by atoms with E-state index in [9.17, 15) is 9.50 Å². The summed E-state index contributed by atoms with van der Waals surface area (Å²) in [4.78, 5) is 0. The molecular formula is C13H18BrFO. The van der Waals surface area contributed by atoms with Gasteiger partial charge in [-0.15, -0.1) is 0 Å². The molecule has 0 saturated carbocycles. The molecule has 1 nitrogen and oxygen atoms in total. The predicted octanol–water partition coefficient (Wildman–Crippen LogP) is 4.53. The maximum Gasteiger partial charge on any atom is 0.120 e. The lowest BCUT2D eigenvalue weighted by Gasteiger charge is -2.23. The van der Waals surface area contributed by atoms with Crippen molar-refractivity contribution >= 4 is 15.9 Å². The summed E-state index contributed by atoms with van der Waals surface area (Å²) in [6, 6.07) is 3.55. The van der Waals surface area contributed by atoms with Gasteiger partial charge in [0.25, 0.3) is 0 Å². The highest BCUT2D eigenvalue weighted by molar-refractivity contribution is 9.10. The fourth-order valence-electron chi connectivity index (χ4n) is 1.63. The molecule has 1 unspecified atom stereocenters. The Kier molecular flexibility index (Phi) is 4.00. The summed E-state index contributed by atoms with van der Waals surface area (Å²) in [5.41, 5.74) is 1.73. The van der Waals surface area contributed by atoms with Crippen LogP contribution in [0.1, 0.15) is 44.7 Å². The lowest BCUT2D eigenvalue weighted by molar-refractivity contribution is 0.420. The number of hydrogen-bond donors (Lipinski definition) is 1. The van der Waals surface area contributed by atoms with Crippen molar-refractivity contribution in [2.45, 2.75) is 39.0 Å². The highest BCUT2D eigenvalue weighted by Gasteiger charge is 2.21. The molecule has 0 bridgehead atoms. The van der Waals surface area contributed by atoms with E-state index in [4.69, 9.17) is 0 Å². The third-order valence-electron chi connectivity index (χ3n) is 2.69. The molecule has 0 spiro atoms. The van der Waals surface area contributed by atoms with Gasteiger partial charge in [-0.25, -0.2) is 0 Å². The minimum atomic E-state index is -0.460. The van der Waals surface area contributed by atoms with Gasteiger partial charge in [0.2, 0.25) is 0 Å². The van der Waals surface area contributed by atoms with Crippen LogP contribution in [0.4, 0.5) is 4.39 Å². The normalized spacial score (nSPS) is 13.9. The minimum Gasteiger partial charge on any atom is -0.508 e. The second-order valence-corrected chi connectivity index (χ2v) is 6.05. The largest absolute Gasteiger partial charge is 0.508 e. The van der Waals surface area contributed by atoms with Crippen LogP contribution in [-0.4, -0.2) is 11.8 Å². The Bertz CT molecular complexity index is 382. The monoisotopic (exact) mass is 288 g/mol. The molecule has 0 aliphatic rings. The summed E-state index contributed by atoms with van der Waals surface area (Å²) in [5, 5.41) is 9.79. The number of benzene rings is 1. The quantitative estimate of drug-likeness (QED) is 0.848. The maximum atomic E-state index is 12.7. The molecule has 0 saturated heterocycles. The molecule has 3 heteroatoms. The van der Waals surface area contributed by atoms with E-state index in [1.165, 1.54) is 0 Å². The molecule has 0 aromatic heterocycles. The van der Waals surface area contributed by atoms with E-state index >= 15 is 0 Å². The van der Waals surface area contributed by atoms with Gasteiger partial charge < -0.3 is 5.11 Å². The van der Waals surface area contributed by atoms with E-state index < -0.39 is 6.67 Å². The first-order chi connectivity index (χ1) is 7.27. The van der Waals surface area contributed by atoms with Crippen LogP contribution in [0.15, 0.2) is 16.6 Å². The van der Waals surface area contributed by atoms with Crippen LogP contribution < -0.4 is 0 Å². The van der Waals surface area contributed by atoms with Crippen LogP contribution in [-0.2, 0) is 5.41 Å². The van der Waals surface area contributed by atoms with Gasteiger partial charge in [0.05, 0.1) is 6.67 Å². The van der Waals surface area contributed by atoms with Crippen LogP contribution in [0, 0.1) is 0 Å². The van der Waals surface area contributed by atoms with Crippen molar-refractivity contribution in [3.05, 3.63) is 27.7 Å². The summed E-state index contributed by atoms with van der Waals surface area (Å²) >= 11 is 3.43. The number of alkyl halides is 1. The summed E-state index contributed by atoms with van der Waals surface area (Å²) in [5.74, 6) is -0.112. The van der Waals surface area contributed by atoms with Gasteiger partial charge in [-0.1, -0.05) is 49.7 Å². The van der Waals surface area contributed by atoms with Gasteiger partial charge in [0.15, 0.2) is 0 Å². The molecule has 1 aromatic rings. The molecule has 1 aromatic carbocycles. The first-order valence-electron chi connectivity index (χ1n) is 5.36. The molecule has 0 amide bonds. The van der Waals surface area contributed by atoms with E-state index in [0.29, 0.717) is 5.56 Å². The van der Waals surface area contributed by atoms with Crippen molar-refractivity contribution in [3.8, 4) is 5.75 Å². The first kappa shape index (κ1) is 13.5. The zero-order valence-corrected chi connectivity index (χ0v) is 11.7. The number of aromatic hydroxyl groups is 1. The van der Waals surface area contributed by atoms with Gasteiger partial charge >= 0.3 is 0 Å². The molecule has 90 valence electrons. The molecule has 0 aliphatic carbocycles. The maximum absolute atomic E-state index is 12.7. The van der Waals surface area contributed by atoms with Crippen molar-refractivity contribution in [1.82, 2.24) is 0 Å². The Balaban J connectivity index is 3.33. The van der Waals surface area contributed by atoms with Crippen molar-refractivity contribution in [1.29, 1.82) is 0 Å². The Hall–Kier alpha value is -0.570. The first-order valence-corrected chi connectivity index (χ1v) is 6.15. The lowest BCUT2D eigenvalue weighted by atomic mass is 9.84. The Morgan fingerprint density at radius 1 is 1.38 bits per heavy atom. The van der Waals surface area contributed by atoms with Crippen LogP contribution in [0.25, 0.3) is 0 Å². The molecule has 0 heterocycles. The molecule has 0 aliphatic heterocycles. The Labute approximate surface area is 105 Å². The third-order valence-corrected chi connectivity index (χ3v) is 3.34. The molecule has 0 fully saturated rings. The van der Waals surface area contributed by atoms with E-state index in [0.717, 1.165) is 10.0 Å². The van der Waals surface area contributed by atoms with Gasteiger partial charge in [0.1, 0.15) is 5.75 Å². The van der Waals surface area contributed by atoms with Crippen LogP contribution in [0.5, 0.6) is 5.75 Å². The van der Waals surface area contributed by atoms with Crippen molar-refractivity contribution < 1.29 is 9.50 Å². The van der Waals surface area contributed by atoms with Gasteiger partial charge in [-0.05, 0) is 22.6 Å². The topological polar surface area (TPSA) is 20.2 Å². The van der Waals surface area contributed by atoms with E-state index in [1.54, 1.807) is 13.0 Å². The fraction of sp³-hybridized carbons (Fsp3) is 0.538. The van der Waals surface area contributed by atoms with E-state index in [2.05, 4.69) is 36.7 Å². The van der Waals surface area contributed by atoms with E-state index in [-0.39, 0.29) is 17.1 Å². The molecule has 1 atom stereocenters. The predicted molar refractivity (Wildman–Crippen MR) is 68.9 cm³/mol. The molecular weight excluding hydrogens is 271 g/mol. The van der Waals surface area contributed by atoms with Crippen LogP contribution in [0.2, 0.25) is 0 Å². The zero-order valence-electron chi connectivity index (χ0n) is 10.1.